The summed E-state index contributed by atoms with van der Waals surface area (Å²) in [4.78, 5) is 16.7. The SMILES string of the molecule is CCCCN1CCCC1.COc1ccc(C(=O)N(C)c2cccc(Br)c2)cc1OC. The van der Waals surface area contributed by atoms with Crippen molar-refractivity contribution in [1.29, 1.82) is 0 Å². The number of carbonyl (C=O) groups is 1. The van der Waals surface area contributed by atoms with Gasteiger partial charge in [-0.1, -0.05) is 35.3 Å². The number of amides is 1. The molecule has 5 nitrogen and oxygen atoms in total. The van der Waals surface area contributed by atoms with Crippen LogP contribution in [0.15, 0.2) is 46.9 Å². The van der Waals surface area contributed by atoms with Crippen molar-refractivity contribution < 1.29 is 14.3 Å². The molecule has 1 fully saturated rings. The zero-order chi connectivity index (χ0) is 21.9. The van der Waals surface area contributed by atoms with Crippen LogP contribution in [0, 0.1) is 0 Å². The van der Waals surface area contributed by atoms with Crippen molar-refractivity contribution in [2.24, 2.45) is 0 Å². The quantitative estimate of drug-likeness (QED) is 0.519. The van der Waals surface area contributed by atoms with Crippen molar-refractivity contribution in [2.75, 3.05) is 45.8 Å². The summed E-state index contributed by atoms with van der Waals surface area (Å²) in [5.41, 5.74) is 1.35. The number of hydrogen-bond acceptors (Lipinski definition) is 4. The van der Waals surface area contributed by atoms with E-state index in [9.17, 15) is 4.79 Å². The maximum Gasteiger partial charge on any atom is 0.258 e. The summed E-state index contributed by atoms with van der Waals surface area (Å²) >= 11 is 3.40. The number of likely N-dealkylation sites (tertiary alicyclic amines) is 1. The number of halogens is 1. The molecule has 3 rings (SSSR count). The molecule has 0 N–H and O–H groups in total. The van der Waals surface area contributed by atoms with Gasteiger partial charge >= 0.3 is 0 Å². The van der Waals surface area contributed by atoms with Crippen LogP contribution in [0.2, 0.25) is 0 Å². The first kappa shape index (κ1) is 24.2. The highest BCUT2D eigenvalue weighted by atomic mass is 79.9. The van der Waals surface area contributed by atoms with Crippen LogP contribution in [0.25, 0.3) is 0 Å². The van der Waals surface area contributed by atoms with Crippen LogP contribution in [-0.4, -0.2) is 51.7 Å². The zero-order valence-electron chi connectivity index (χ0n) is 18.5. The van der Waals surface area contributed by atoms with Crippen molar-refractivity contribution in [1.82, 2.24) is 4.90 Å². The lowest BCUT2D eigenvalue weighted by Crippen LogP contribution is -2.26. The van der Waals surface area contributed by atoms with Gasteiger partial charge in [-0.25, -0.2) is 0 Å². The summed E-state index contributed by atoms with van der Waals surface area (Å²) in [5, 5.41) is 0. The van der Waals surface area contributed by atoms with E-state index in [1.54, 1.807) is 44.4 Å². The Morgan fingerprint density at radius 2 is 1.77 bits per heavy atom. The fourth-order valence-corrected chi connectivity index (χ4v) is 3.74. The van der Waals surface area contributed by atoms with Crippen LogP contribution in [-0.2, 0) is 0 Å². The molecule has 1 saturated heterocycles. The normalized spacial score (nSPS) is 13.4. The Morgan fingerprint density at radius 1 is 1.07 bits per heavy atom. The highest BCUT2D eigenvalue weighted by Gasteiger charge is 2.16. The second-order valence-electron chi connectivity index (χ2n) is 7.32. The molecule has 0 unspecified atom stereocenters. The van der Waals surface area contributed by atoms with Crippen molar-refractivity contribution >= 4 is 27.5 Å². The van der Waals surface area contributed by atoms with E-state index in [0.717, 1.165) is 10.2 Å². The van der Waals surface area contributed by atoms with Crippen molar-refractivity contribution in [2.45, 2.75) is 32.6 Å². The third-order valence-corrected chi connectivity index (χ3v) is 5.65. The van der Waals surface area contributed by atoms with Gasteiger partial charge in [0.15, 0.2) is 11.5 Å². The molecule has 0 atom stereocenters. The first-order valence-corrected chi connectivity index (χ1v) is 11.3. The fraction of sp³-hybridized carbons (Fsp3) is 0.458. The lowest BCUT2D eigenvalue weighted by molar-refractivity contribution is 0.0992. The number of ether oxygens (including phenoxy) is 2. The maximum absolute atomic E-state index is 12.5. The number of rotatable bonds is 7. The van der Waals surface area contributed by atoms with Gasteiger partial charge in [0, 0.05) is 22.8 Å². The molecule has 1 aliphatic rings. The minimum Gasteiger partial charge on any atom is -0.493 e. The molecule has 164 valence electrons. The van der Waals surface area contributed by atoms with Gasteiger partial charge in [-0.3, -0.25) is 4.79 Å². The Hall–Kier alpha value is -2.05. The molecule has 0 spiro atoms. The summed E-state index contributed by atoms with van der Waals surface area (Å²) < 4.78 is 11.3. The second kappa shape index (κ2) is 12.6. The van der Waals surface area contributed by atoms with E-state index in [4.69, 9.17) is 9.47 Å². The van der Waals surface area contributed by atoms with Gasteiger partial charge in [-0.2, -0.15) is 0 Å². The molecule has 1 amide bonds. The lowest BCUT2D eigenvalue weighted by Gasteiger charge is -2.18. The molecular weight excluding hydrogens is 444 g/mol. The van der Waals surface area contributed by atoms with E-state index in [2.05, 4.69) is 27.8 Å². The highest BCUT2D eigenvalue weighted by Crippen LogP contribution is 2.29. The predicted octanol–water partition coefficient (Wildman–Crippen LogP) is 5.63. The Bertz CT molecular complexity index is 807. The Kier molecular flexibility index (Phi) is 10.2. The summed E-state index contributed by atoms with van der Waals surface area (Å²) in [6.45, 7) is 6.33. The van der Waals surface area contributed by atoms with Crippen LogP contribution in [0.5, 0.6) is 11.5 Å². The minimum absolute atomic E-state index is 0.117. The van der Waals surface area contributed by atoms with Gasteiger partial charge in [0.05, 0.1) is 14.2 Å². The lowest BCUT2D eigenvalue weighted by atomic mass is 10.1. The van der Waals surface area contributed by atoms with Gasteiger partial charge in [0.25, 0.3) is 5.91 Å². The van der Waals surface area contributed by atoms with Crippen LogP contribution in [0.1, 0.15) is 43.0 Å². The van der Waals surface area contributed by atoms with Gasteiger partial charge in [0.2, 0.25) is 0 Å². The number of nitrogens with zero attached hydrogens (tertiary/aromatic N) is 2. The Balaban J connectivity index is 0.000000297. The minimum atomic E-state index is -0.117. The monoisotopic (exact) mass is 476 g/mol. The predicted molar refractivity (Wildman–Crippen MR) is 127 cm³/mol. The van der Waals surface area contributed by atoms with Crippen molar-refractivity contribution in [3.8, 4) is 11.5 Å². The fourth-order valence-electron chi connectivity index (χ4n) is 3.35. The molecular formula is C24H33BrN2O3. The number of benzene rings is 2. The number of carbonyl (C=O) groups excluding carboxylic acids is 1. The Labute approximate surface area is 189 Å². The molecule has 1 aliphatic heterocycles. The summed E-state index contributed by atoms with van der Waals surface area (Å²) in [7, 11) is 4.85. The van der Waals surface area contributed by atoms with Crippen molar-refractivity contribution in [3.05, 3.63) is 52.5 Å². The number of anilines is 1. The van der Waals surface area contributed by atoms with Gasteiger partial charge in [-0.05, 0) is 75.3 Å². The van der Waals surface area contributed by atoms with E-state index in [0.29, 0.717) is 17.1 Å². The van der Waals surface area contributed by atoms with E-state index < -0.39 is 0 Å². The molecule has 0 aliphatic carbocycles. The smallest absolute Gasteiger partial charge is 0.258 e. The standard InChI is InChI=1S/C16H16BrNO3.C8H17N/c1-18(13-6-4-5-12(17)10-13)16(19)11-7-8-14(20-2)15(9-11)21-3;1-2-3-6-9-7-4-5-8-9/h4-10H,1-3H3;2-8H2,1H3. The van der Waals surface area contributed by atoms with E-state index in [1.165, 1.54) is 45.3 Å². The number of hydrogen-bond donors (Lipinski definition) is 0. The topological polar surface area (TPSA) is 42.0 Å². The Morgan fingerprint density at radius 3 is 2.37 bits per heavy atom. The van der Waals surface area contributed by atoms with E-state index in [-0.39, 0.29) is 5.91 Å². The first-order chi connectivity index (χ1) is 14.5. The van der Waals surface area contributed by atoms with Crippen LogP contribution in [0.4, 0.5) is 5.69 Å². The molecule has 30 heavy (non-hydrogen) atoms. The van der Waals surface area contributed by atoms with E-state index in [1.807, 2.05) is 24.3 Å². The van der Waals surface area contributed by atoms with Crippen LogP contribution >= 0.6 is 15.9 Å². The molecule has 2 aromatic rings. The molecule has 6 heteroatoms. The third kappa shape index (κ3) is 7.03. The molecule has 0 saturated carbocycles. The molecule has 0 radical (unpaired) electrons. The second-order valence-corrected chi connectivity index (χ2v) is 8.23. The summed E-state index contributed by atoms with van der Waals surface area (Å²) in [5.74, 6) is 1.01. The first-order valence-electron chi connectivity index (χ1n) is 10.5. The van der Waals surface area contributed by atoms with E-state index >= 15 is 0 Å². The van der Waals surface area contributed by atoms with Gasteiger partial charge in [-0.15, -0.1) is 0 Å². The molecule has 1 heterocycles. The number of unbranched alkanes of at least 4 members (excludes halogenated alkanes) is 1. The summed E-state index contributed by atoms with van der Waals surface area (Å²) in [6, 6.07) is 12.7. The third-order valence-electron chi connectivity index (χ3n) is 5.16. The number of methoxy groups -OCH3 is 2. The molecule has 0 aromatic heterocycles. The summed E-state index contributed by atoms with van der Waals surface area (Å²) in [6.07, 6.45) is 5.60. The van der Waals surface area contributed by atoms with Crippen LogP contribution in [0.3, 0.4) is 0 Å². The average molecular weight is 477 g/mol. The van der Waals surface area contributed by atoms with Gasteiger partial charge < -0.3 is 19.3 Å². The van der Waals surface area contributed by atoms with Crippen LogP contribution < -0.4 is 14.4 Å². The largest absolute Gasteiger partial charge is 0.493 e. The zero-order valence-corrected chi connectivity index (χ0v) is 20.1. The maximum atomic E-state index is 12.5. The molecule has 2 aromatic carbocycles. The average Bonchev–Trinajstić information content (AvgIpc) is 3.30. The molecule has 0 bridgehead atoms. The van der Waals surface area contributed by atoms with Gasteiger partial charge in [0.1, 0.15) is 0 Å². The highest BCUT2D eigenvalue weighted by molar-refractivity contribution is 9.10. The van der Waals surface area contributed by atoms with Crippen molar-refractivity contribution in [3.63, 3.8) is 0 Å².